The number of carbonyl (C=O) groups is 1. The average Bonchev–Trinajstić information content (AvgIpc) is 3.13. The van der Waals surface area contributed by atoms with Crippen molar-refractivity contribution in [3.05, 3.63) is 54.0 Å². The average molecular weight is 626 g/mol. The van der Waals surface area contributed by atoms with Gasteiger partial charge in [0.1, 0.15) is 5.69 Å². The Hall–Kier alpha value is -1.28. The Labute approximate surface area is 192 Å². The monoisotopic (exact) mass is 625 g/mol. The van der Waals surface area contributed by atoms with Gasteiger partial charge in [-0.2, -0.15) is 26.3 Å². The largest absolute Gasteiger partial charge is 0.461 e. The number of benzene rings is 1. The standard InChI is InChI=1S/C18H11BrF6INO2S/c1-2-29-16(28)14-12(26)15-13(11(19)7-30-15)27(14)6-8-3-9(17(20,21)22)5-10(4-8)18(23,24)25/h3-5,7H,2,6H2,1H3. The molecular formula is C18H11BrF6INO2S. The highest BCUT2D eigenvalue weighted by Gasteiger charge is 2.37. The number of esters is 1. The first-order valence-electron chi connectivity index (χ1n) is 8.24. The number of hydrogen-bond acceptors (Lipinski definition) is 3. The molecular weight excluding hydrogens is 615 g/mol. The molecule has 0 radical (unpaired) electrons. The van der Waals surface area contributed by atoms with Crippen LogP contribution in [0.25, 0.3) is 10.2 Å². The minimum absolute atomic E-state index is 0.0662. The molecule has 3 nitrogen and oxygen atoms in total. The molecule has 0 amide bonds. The molecule has 3 aromatic rings. The van der Waals surface area contributed by atoms with Crippen LogP contribution < -0.4 is 0 Å². The van der Waals surface area contributed by atoms with Gasteiger partial charge < -0.3 is 9.30 Å². The summed E-state index contributed by atoms with van der Waals surface area (Å²) in [5, 5.41) is 1.73. The smallest absolute Gasteiger partial charge is 0.416 e. The van der Waals surface area contributed by atoms with E-state index >= 15 is 0 Å². The number of fused-ring (bicyclic) bond motifs is 1. The Balaban J connectivity index is 2.22. The fourth-order valence-corrected chi connectivity index (χ4v) is 5.76. The van der Waals surface area contributed by atoms with Crippen molar-refractivity contribution in [3.63, 3.8) is 0 Å². The van der Waals surface area contributed by atoms with Crippen LogP contribution in [0, 0.1) is 3.57 Å². The lowest BCUT2D eigenvalue weighted by molar-refractivity contribution is -0.143. The predicted octanol–water partition coefficient (Wildman–Crippen LogP) is 7.33. The molecule has 1 aromatic carbocycles. The van der Waals surface area contributed by atoms with Crippen molar-refractivity contribution in [2.75, 3.05) is 6.61 Å². The number of rotatable bonds is 4. The number of carbonyl (C=O) groups excluding carboxylic acids is 1. The number of ether oxygens (including phenoxy) is 1. The first kappa shape index (κ1) is 23.4. The summed E-state index contributed by atoms with van der Waals surface area (Å²) in [5.74, 6) is -0.708. The van der Waals surface area contributed by atoms with Gasteiger partial charge in [0.15, 0.2) is 0 Å². The van der Waals surface area contributed by atoms with Crippen LogP contribution in [0.5, 0.6) is 0 Å². The van der Waals surface area contributed by atoms with E-state index in [2.05, 4.69) is 15.9 Å². The molecule has 0 bridgehead atoms. The Kier molecular flexibility index (Phi) is 6.50. The van der Waals surface area contributed by atoms with Crippen LogP contribution in [0.1, 0.15) is 34.1 Å². The van der Waals surface area contributed by atoms with Gasteiger partial charge in [0.05, 0.1) is 36.0 Å². The van der Waals surface area contributed by atoms with E-state index in [9.17, 15) is 31.1 Å². The van der Waals surface area contributed by atoms with E-state index in [0.29, 0.717) is 30.4 Å². The molecule has 162 valence electrons. The van der Waals surface area contributed by atoms with Crippen molar-refractivity contribution in [3.8, 4) is 0 Å². The molecule has 0 fully saturated rings. The number of aromatic nitrogens is 1. The van der Waals surface area contributed by atoms with Crippen molar-refractivity contribution >= 4 is 66.0 Å². The molecule has 30 heavy (non-hydrogen) atoms. The SMILES string of the molecule is CCOC(=O)c1c(I)c2scc(Br)c2n1Cc1cc(C(F)(F)F)cc(C(F)(F)F)c1. The number of halogens is 8. The van der Waals surface area contributed by atoms with Crippen molar-refractivity contribution in [2.24, 2.45) is 0 Å². The zero-order chi connectivity index (χ0) is 22.4. The summed E-state index contributed by atoms with van der Waals surface area (Å²) in [6.07, 6.45) is -9.91. The van der Waals surface area contributed by atoms with Crippen molar-refractivity contribution in [1.82, 2.24) is 4.57 Å². The highest BCUT2D eigenvalue weighted by atomic mass is 127. The van der Waals surface area contributed by atoms with E-state index in [1.807, 2.05) is 22.6 Å². The minimum Gasteiger partial charge on any atom is -0.461 e. The maximum Gasteiger partial charge on any atom is 0.416 e. The molecule has 0 aliphatic carbocycles. The van der Waals surface area contributed by atoms with Crippen LogP contribution in [-0.2, 0) is 23.6 Å². The third-order valence-electron chi connectivity index (χ3n) is 4.13. The highest BCUT2D eigenvalue weighted by molar-refractivity contribution is 14.1. The number of nitrogens with zero attached hydrogens (tertiary/aromatic N) is 1. The summed E-state index contributed by atoms with van der Waals surface area (Å²) in [6.45, 7) is 1.28. The summed E-state index contributed by atoms with van der Waals surface area (Å²) in [4.78, 5) is 12.5. The number of alkyl halides is 6. The predicted molar refractivity (Wildman–Crippen MR) is 112 cm³/mol. The topological polar surface area (TPSA) is 31.2 Å². The first-order valence-corrected chi connectivity index (χ1v) is 11.0. The Morgan fingerprint density at radius 2 is 1.70 bits per heavy atom. The Morgan fingerprint density at radius 1 is 1.13 bits per heavy atom. The van der Waals surface area contributed by atoms with Crippen LogP contribution in [-0.4, -0.2) is 17.1 Å². The molecule has 12 heteroatoms. The number of hydrogen-bond donors (Lipinski definition) is 0. The van der Waals surface area contributed by atoms with Gasteiger partial charge in [-0.3, -0.25) is 0 Å². The van der Waals surface area contributed by atoms with Gasteiger partial charge in [-0.15, -0.1) is 11.3 Å². The fourth-order valence-electron chi connectivity index (χ4n) is 2.93. The van der Waals surface area contributed by atoms with Gasteiger partial charge in [-0.1, -0.05) is 0 Å². The Bertz CT molecular complexity index is 1090. The third-order valence-corrected chi connectivity index (χ3v) is 7.44. The zero-order valence-corrected chi connectivity index (χ0v) is 19.5. The molecule has 2 aromatic heterocycles. The summed E-state index contributed by atoms with van der Waals surface area (Å²) in [7, 11) is 0. The van der Waals surface area contributed by atoms with Crippen LogP contribution >= 0.6 is 49.9 Å². The normalized spacial score (nSPS) is 12.6. The van der Waals surface area contributed by atoms with Gasteiger partial charge in [0.25, 0.3) is 0 Å². The fraction of sp³-hybridized carbons (Fsp3) is 0.278. The van der Waals surface area contributed by atoms with Gasteiger partial charge in [-0.25, -0.2) is 4.79 Å². The summed E-state index contributed by atoms with van der Waals surface area (Å²) >= 11 is 6.54. The van der Waals surface area contributed by atoms with Crippen LogP contribution in [0.4, 0.5) is 26.3 Å². The van der Waals surface area contributed by atoms with Crippen molar-refractivity contribution in [2.45, 2.75) is 25.8 Å². The molecule has 0 unspecified atom stereocenters. The number of thiophene rings is 1. The van der Waals surface area contributed by atoms with E-state index in [1.165, 1.54) is 15.9 Å². The van der Waals surface area contributed by atoms with Crippen molar-refractivity contribution < 1.29 is 35.9 Å². The first-order chi connectivity index (χ1) is 13.8. The molecule has 0 atom stereocenters. The minimum atomic E-state index is -4.95. The van der Waals surface area contributed by atoms with E-state index in [4.69, 9.17) is 4.74 Å². The van der Waals surface area contributed by atoms with Crippen LogP contribution in [0.15, 0.2) is 28.1 Å². The second-order valence-corrected chi connectivity index (χ2v) is 8.96. The van der Waals surface area contributed by atoms with Crippen molar-refractivity contribution in [1.29, 1.82) is 0 Å². The summed E-state index contributed by atoms with van der Waals surface area (Å²) < 4.78 is 87.4. The lowest BCUT2D eigenvalue weighted by Crippen LogP contribution is -2.16. The highest BCUT2D eigenvalue weighted by Crippen LogP contribution is 2.40. The van der Waals surface area contributed by atoms with E-state index < -0.39 is 29.4 Å². The van der Waals surface area contributed by atoms with E-state index in [0.717, 1.165) is 0 Å². The molecule has 0 N–H and O–H groups in total. The van der Waals surface area contributed by atoms with Crippen LogP contribution in [0.3, 0.4) is 0 Å². The summed E-state index contributed by atoms with van der Waals surface area (Å²) in [5.41, 5.74) is -2.49. The van der Waals surface area contributed by atoms with Gasteiger partial charge in [0.2, 0.25) is 0 Å². The maximum absolute atomic E-state index is 13.2. The molecule has 0 saturated carbocycles. The van der Waals surface area contributed by atoms with Gasteiger partial charge >= 0.3 is 18.3 Å². The zero-order valence-electron chi connectivity index (χ0n) is 14.9. The molecule has 2 heterocycles. The van der Waals surface area contributed by atoms with Crippen LogP contribution in [0.2, 0.25) is 0 Å². The maximum atomic E-state index is 13.2. The van der Waals surface area contributed by atoms with E-state index in [-0.39, 0.29) is 30.5 Å². The molecule has 0 spiro atoms. The van der Waals surface area contributed by atoms with E-state index in [1.54, 1.807) is 12.3 Å². The molecule has 0 aliphatic rings. The molecule has 3 rings (SSSR count). The summed E-state index contributed by atoms with van der Waals surface area (Å²) in [6, 6.07) is 1.39. The molecule has 0 aliphatic heterocycles. The lowest BCUT2D eigenvalue weighted by atomic mass is 10.0. The second kappa shape index (κ2) is 8.34. The van der Waals surface area contributed by atoms with Gasteiger partial charge in [-0.05, 0) is 69.2 Å². The lowest BCUT2D eigenvalue weighted by Gasteiger charge is -2.16. The Morgan fingerprint density at radius 3 is 2.20 bits per heavy atom. The third kappa shape index (κ3) is 4.49. The molecule has 0 saturated heterocycles. The quantitative estimate of drug-likeness (QED) is 0.173. The van der Waals surface area contributed by atoms with Gasteiger partial charge in [0, 0.05) is 11.9 Å². The second-order valence-electron chi connectivity index (χ2n) is 6.14.